The van der Waals surface area contributed by atoms with Crippen LogP contribution in [0, 0.1) is 0 Å². The first-order chi connectivity index (χ1) is 27.1. The summed E-state index contributed by atoms with van der Waals surface area (Å²) in [7, 11) is 5.39. The predicted octanol–water partition coefficient (Wildman–Crippen LogP) is 10.9. The van der Waals surface area contributed by atoms with Gasteiger partial charge in [0.1, 0.15) is 12.6 Å². The first-order valence-electron chi connectivity index (χ1n) is 22.4. The second-order valence-corrected chi connectivity index (χ2v) is 16.0. The Kier molecular flexibility index (Phi) is 36.8. The number of unbranched alkanes of at least 4 members (excludes halogenated alkanes) is 18. The summed E-state index contributed by atoms with van der Waals surface area (Å²) in [6.07, 6.45) is 46.7. The van der Waals surface area contributed by atoms with Gasteiger partial charge in [-0.25, -0.2) is 0 Å². The van der Waals surface area contributed by atoms with Gasteiger partial charge >= 0.3 is 11.9 Å². The molecule has 0 aliphatic heterocycles. The molecule has 2 unspecified atom stereocenters. The van der Waals surface area contributed by atoms with Crippen LogP contribution in [0.5, 0.6) is 0 Å². The molecule has 0 aliphatic carbocycles. The smallest absolute Gasteiger partial charge is 0.306 e. The van der Waals surface area contributed by atoms with Crippen molar-refractivity contribution in [3.8, 4) is 0 Å². The number of nitrogens with zero attached hydrogens (tertiary/aromatic N) is 1. The number of rotatable bonds is 39. The summed E-state index contributed by atoms with van der Waals surface area (Å²) in [5.41, 5.74) is 0. The van der Waals surface area contributed by atoms with Gasteiger partial charge in [0.2, 0.25) is 0 Å². The molecular formula is C48H83NO7. The highest BCUT2D eigenvalue weighted by molar-refractivity contribution is 5.70. The summed E-state index contributed by atoms with van der Waals surface area (Å²) in [5.74, 6) is -1.77. The molecule has 0 spiro atoms. The maximum atomic E-state index is 12.7. The van der Waals surface area contributed by atoms with Crippen LogP contribution in [0.4, 0.5) is 0 Å². The summed E-state index contributed by atoms with van der Waals surface area (Å²) in [4.78, 5) is 36.8. The lowest BCUT2D eigenvalue weighted by Crippen LogP contribution is -2.55. The van der Waals surface area contributed by atoms with Crippen LogP contribution < -0.4 is 5.11 Å². The van der Waals surface area contributed by atoms with E-state index < -0.39 is 18.1 Å². The first kappa shape index (κ1) is 53.0. The van der Waals surface area contributed by atoms with Gasteiger partial charge in [0.15, 0.2) is 6.10 Å². The van der Waals surface area contributed by atoms with E-state index in [1.165, 1.54) is 77.0 Å². The zero-order valence-electron chi connectivity index (χ0n) is 36.5. The van der Waals surface area contributed by atoms with Crippen LogP contribution in [0.15, 0.2) is 60.8 Å². The van der Waals surface area contributed by atoms with Gasteiger partial charge in [0, 0.05) is 19.3 Å². The van der Waals surface area contributed by atoms with Crippen molar-refractivity contribution in [3.63, 3.8) is 0 Å². The fourth-order valence-electron chi connectivity index (χ4n) is 6.24. The molecule has 0 saturated heterocycles. The Bertz CT molecular complexity index is 1100. The largest absolute Gasteiger partial charge is 0.544 e. The van der Waals surface area contributed by atoms with E-state index in [0.717, 1.165) is 64.2 Å². The Labute approximate surface area is 343 Å². The fourth-order valence-corrected chi connectivity index (χ4v) is 6.24. The number of ether oxygens (including phenoxy) is 3. The minimum Gasteiger partial charge on any atom is -0.544 e. The van der Waals surface area contributed by atoms with E-state index in [1.807, 2.05) is 12.2 Å². The molecule has 0 amide bonds. The lowest BCUT2D eigenvalue weighted by atomic mass is 10.1. The molecule has 0 aromatic heterocycles. The maximum absolute atomic E-state index is 12.7. The average molecular weight is 786 g/mol. The van der Waals surface area contributed by atoms with Crippen molar-refractivity contribution in [1.29, 1.82) is 0 Å². The van der Waals surface area contributed by atoms with E-state index >= 15 is 0 Å². The molecule has 0 rings (SSSR count). The molecule has 0 fully saturated rings. The molecule has 56 heavy (non-hydrogen) atoms. The zero-order chi connectivity index (χ0) is 41.4. The number of carboxylic acids is 1. The summed E-state index contributed by atoms with van der Waals surface area (Å²) < 4.78 is 17.1. The minimum atomic E-state index is -1.13. The van der Waals surface area contributed by atoms with E-state index in [0.29, 0.717) is 12.8 Å². The molecule has 2 atom stereocenters. The number of allylic oxidation sites excluding steroid dienone is 10. The minimum absolute atomic E-state index is 0.0292. The van der Waals surface area contributed by atoms with Crippen LogP contribution >= 0.6 is 0 Å². The number of quaternary nitrogens is 1. The highest BCUT2D eigenvalue weighted by Gasteiger charge is 2.25. The van der Waals surface area contributed by atoms with E-state index in [-0.39, 0.29) is 42.7 Å². The van der Waals surface area contributed by atoms with Crippen molar-refractivity contribution in [2.45, 2.75) is 187 Å². The summed E-state index contributed by atoms with van der Waals surface area (Å²) in [5, 5.41) is 11.6. The summed E-state index contributed by atoms with van der Waals surface area (Å²) >= 11 is 0. The molecule has 0 aromatic rings. The highest BCUT2D eigenvalue weighted by Crippen LogP contribution is 2.14. The molecule has 0 aromatic carbocycles. The van der Waals surface area contributed by atoms with Crippen LogP contribution in [0.2, 0.25) is 0 Å². The van der Waals surface area contributed by atoms with Crippen LogP contribution in [0.3, 0.4) is 0 Å². The maximum Gasteiger partial charge on any atom is 0.306 e. The Morgan fingerprint density at radius 2 is 1.00 bits per heavy atom. The molecular weight excluding hydrogens is 703 g/mol. The van der Waals surface area contributed by atoms with Gasteiger partial charge in [-0.15, -0.1) is 0 Å². The van der Waals surface area contributed by atoms with Gasteiger partial charge in [-0.05, 0) is 57.8 Å². The molecule has 0 radical (unpaired) electrons. The van der Waals surface area contributed by atoms with Gasteiger partial charge in [0.25, 0.3) is 0 Å². The molecule has 0 aliphatic rings. The van der Waals surface area contributed by atoms with E-state index in [9.17, 15) is 19.5 Å². The van der Waals surface area contributed by atoms with Gasteiger partial charge < -0.3 is 28.6 Å². The Hall–Kier alpha value is -2.97. The van der Waals surface area contributed by atoms with Crippen molar-refractivity contribution >= 4 is 17.9 Å². The second-order valence-electron chi connectivity index (χ2n) is 16.0. The van der Waals surface area contributed by atoms with Crippen molar-refractivity contribution in [1.82, 2.24) is 0 Å². The van der Waals surface area contributed by atoms with Crippen LogP contribution in [0.25, 0.3) is 0 Å². The number of likely N-dealkylation sites (N-methyl/N-ethyl adjacent to an activating group) is 1. The van der Waals surface area contributed by atoms with Crippen LogP contribution in [0.1, 0.15) is 174 Å². The topological polar surface area (TPSA) is 102 Å². The van der Waals surface area contributed by atoms with Crippen molar-refractivity contribution in [2.75, 3.05) is 41.0 Å². The lowest BCUT2D eigenvalue weighted by Gasteiger charge is -2.34. The highest BCUT2D eigenvalue weighted by atomic mass is 16.6. The van der Waals surface area contributed by atoms with Gasteiger partial charge in [-0.3, -0.25) is 9.59 Å². The number of esters is 2. The average Bonchev–Trinajstić information content (AvgIpc) is 3.15. The van der Waals surface area contributed by atoms with E-state index in [4.69, 9.17) is 14.2 Å². The van der Waals surface area contributed by atoms with E-state index in [1.54, 1.807) is 21.1 Å². The SMILES string of the molecule is CC/C=C/C=C/C=C/CCCCCCCC(=O)OC(COCCC(C(=O)[O-])[N+](C)(C)C)COC(=O)CCCCCCCCCCCC/C=C/C=C/CCCCC. The number of hydrogen-bond donors (Lipinski definition) is 0. The predicted molar refractivity (Wildman–Crippen MR) is 231 cm³/mol. The van der Waals surface area contributed by atoms with E-state index in [2.05, 4.69) is 62.5 Å². The van der Waals surface area contributed by atoms with Crippen LogP contribution in [-0.4, -0.2) is 75.5 Å². The molecule has 0 N–H and O–H groups in total. The quantitative estimate of drug-likeness (QED) is 0.0265. The normalized spacial score (nSPS) is 13.5. The third kappa shape index (κ3) is 36.7. The number of carbonyl (C=O) groups excluding carboxylic acids is 3. The fraction of sp³-hybridized carbons (Fsp3) is 0.729. The lowest BCUT2D eigenvalue weighted by molar-refractivity contribution is -0.889. The molecule has 322 valence electrons. The number of carbonyl (C=O) groups is 3. The molecule has 0 heterocycles. The molecule has 8 heteroatoms. The van der Waals surface area contributed by atoms with Crippen molar-refractivity contribution < 1.29 is 38.2 Å². The number of aliphatic carboxylic acids is 1. The van der Waals surface area contributed by atoms with Crippen LogP contribution in [-0.2, 0) is 28.6 Å². The molecule has 0 bridgehead atoms. The Morgan fingerprint density at radius 1 is 0.554 bits per heavy atom. The third-order valence-electron chi connectivity index (χ3n) is 9.73. The van der Waals surface area contributed by atoms with Gasteiger partial charge in [-0.2, -0.15) is 0 Å². The summed E-state index contributed by atoms with van der Waals surface area (Å²) in [6, 6.07) is -0.732. The van der Waals surface area contributed by atoms with Gasteiger partial charge in [0.05, 0.1) is 40.3 Å². The Balaban J connectivity index is 4.32. The third-order valence-corrected chi connectivity index (χ3v) is 9.73. The van der Waals surface area contributed by atoms with Gasteiger partial charge in [-0.1, -0.05) is 158 Å². The summed E-state index contributed by atoms with van der Waals surface area (Å²) in [6.45, 7) is 4.47. The first-order valence-corrected chi connectivity index (χ1v) is 22.4. The number of carboxylic acid groups (broad SMARTS) is 1. The molecule has 8 nitrogen and oxygen atoms in total. The monoisotopic (exact) mass is 786 g/mol. The second kappa shape index (κ2) is 38.9. The van der Waals surface area contributed by atoms with Crippen molar-refractivity contribution in [2.24, 2.45) is 0 Å². The standard InChI is InChI=1S/C48H83NO7/c1-6-8-10-12-14-16-18-20-21-22-23-24-25-27-28-30-32-34-36-38-46(50)55-43-44(42-54-41-40-45(48(52)53)49(3,4)5)56-47(51)39-37-35-33-31-29-26-19-17-15-13-11-9-7-2/h9,11,13-20,44-45H,6-8,10,12,21-43H2,1-5H3/b11-9+,15-13+,16-14+,19-17+,20-18+. The Morgan fingerprint density at radius 3 is 1.48 bits per heavy atom. The number of hydrogen-bond acceptors (Lipinski definition) is 7. The zero-order valence-corrected chi connectivity index (χ0v) is 36.5. The molecule has 0 saturated carbocycles. The van der Waals surface area contributed by atoms with Crippen molar-refractivity contribution in [3.05, 3.63) is 60.8 Å².